The number of hydrogen-bond acceptors (Lipinski definition) is 6. The molecule has 0 spiro atoms. The predicted octanol–water partition coefficient (Wildman–Crippen LogP) is 2.10. The quantitative estimate of drug-likeness (QED) is 0.632. The highest BCUT2D eigenvalue weighted by molar-refractivity contribution is 7.89. The summed E-state index contributed by atoms with van der Waals surface area (Å²) >= 11 is 5.99. The second-order valence-electron chi connectivity index (χ2n) is 6.60. The molecule has 1 aromatic heterocycles. The molecule has 3 rings (SSSR count). The Hall–Kier alpha value is -2.69. The average Bonchev–Trinajstić information content (AvgIpc) is 3.05. The second-order valence-corrected chi connectivity index (χ2v) is 9.18. The average molecular weight is 438 g/mol. The number of amides is 1. The van der Waals surface area contributed by atoms with Gasteiger partial charge in [0.2, 0.25) is 16.1 Å². The largest absolute Gasteiger partial charge is 0.382 e. The zero-order valence-corrected chi connectivity index (χ0v) is 17.8. The van der Waals surface area contributed by atoms with Crippen LogP contribution in [0.1, 0.15) is 12.5 Å². The smallest absolute Gasteiger partial charge is 0.267 e. The highest BCUT2D eigenvalue weighted by Gasteiger charge is 2.21. The van der Waals surface area contributed by atoms with Gasteiger partial charge in [0.05, 0.1) is 4.90 Å². The van der Waals surface area contributed by atoms with Crippen molar-refractivity contribution in [1.29, 1.82) is 0 Å². The fourth-order valence-corrected chi connectivity index (χ4v) is 3.58. The van der Waals surface area contributed by atoms with Gasteiger partial charge in [0, 0.05) is 24.8 Å². The summed E-state index contributed by atoms with van der Waals surface area (Å²) in [4.78, 5) is 19.4. The number of sulfonamides is 1. The molecule has 1 unspecified atom stereocenters. The summed E-state index contributed by atoms with van der Waals surface area (Å²) in [5.41, 5.74) is 2.17. The second kappa shape index (κ2) is 7.97. The van der Waals surface area contributed by atoms with Gasteiger partial charge in [0.15, 0.2) is 0 Å². The third kappa shape index (κ3) is 4.34. The van der Waals surface area contributed by atoms with E-state index in [1.54, 1.807) is 38.1 Å². The maximum atomic E-state index is 12.6. The predicted molar refractivity (Wildman–Crippen MR) is 109 cm³/mol. The third-order valence-corrected chi connectivity index (χ3v) is 6.30. The molecule has 3 aromatic rings. The number of carbonyl (C=O) groups excluding carboxylic acids is 1. The molecule has 1 N–H and O–H groups in total. The standard InChI is InChI=1S/C18H20ClN5O4S/c1-11-5-7-14(29(26,27)23(3)4)10-16(11)20-18(25)12(2)28-24-17-9-13(19)6-8-15(17)21-22-24/h5-10,12H,1-4H3,(H,20,25). The Labute approximate surface area is 173 Å². The van der Waals surface area contributed by atoms with Gasteiger partial charge in [-0.3, -0.25) is 4.79 Å². The number of fused-ring (bicyclic) bond motifs is 1. The van der Waals surface area contributed by atoms with E-state index in [-0.39, 0.29) is 4.90 Å². The maximum absolute atomic E-state index is 12.6. The number of aryl methyl sites for hydroxylation is 1. The maximum Gasteiger partial charge on any atom is 0.267 e. The molecule has 0 saturated carbocycles. The molecule has 0 aliphatic rings. The van der Waals surface area contributed by atoms with Crippen molar-refractivity contribution in [2.45, 2.75) is 24.8 Å². The minimum Gasteiger partial charge on any atom is -0.382 e. The molecular formula is C18H20ClN5O4S. The Kier molecular flexibility index (Phi) is 5.78. The molecular weight excluding hydrogens is 418 g/mol. The molecule has 154 valence electrons. The first-order valence-electron chi connectivity index (χ1n) is 8.62. The summed E-state index contributed by atoms with van der Waals surface area (Å²) in [6, 6.07) is 9.53. The molecule has 0 aliphatic heterocycles. The van der Waals surface area contributed by atoms with Gasteiger partial charge < -0.3 is 10.2 Å². The topological polar surface area (TPSA) is 106 Å². The summed E-state index contributed by atoms with van der Waals surface area (Å²) in [7, 11) is -0.741. The number of anilines is 1. The first-order chi connectivity index (χ1) is 13.6. The minimum atomic E-state index is -3.63. The van der Waals surface area contributed by atoms with Crippen molar-refractivity contribution < 1.29 is 18.0 Å². The van der Waals surface area contributed by atoms with E-state index in [2.05, 4.69) is 15.6 Å². The van der Waals surface area contributed by atoms with Crippen molar-refractivity contribution in [3.05, 3.63) is 47.0 Å². The van der Waals surface area contributed by atoms with Crippen molar-refractivity contribution in [2.24, 2.45) is 0 Å². The first-order valence-corrected chi connectivity index (χ1v) is 10.4. The van der Waals surface area contributed by atoms with Crippen LogP contribution >= 0.6 is 11.6 Å². The normalized spacial score (nSPS) is 12.9. The SMILES string of the molecule is Cc1ccc(S(=O)(=O)N(C)C)cc1NC(=O)C(C)On1nnc2ccc(Cl)cc21. The Morgan fingerprint density at radius 3 is 2.66 bits per heavy atom. The van der Waals surface area contributed by atoms with Crippen LogP contribution in [0.2, 0.25) is 5.02 Å². The fourth-order valence-electron chi connectivity index (χ4n) is 2.49. The lowest BCUT2D eigenvalue weighted by molar-refractivity contribution is -0.127. The number of carbonyl (C=O) groups is 1. The summed E-state index contributed by atoms with van der Waals surface area (Å²) in [5, 5.41) is 11.0. The number of rotatable bonds is 6. The van der Waals surface area contributed by atoms with Crippen LogP contribution in [0.25, 0.3) is 11.0 Å². The highest BCUT2D eigenvalue weighted by Crippen LogP contribution is 2.22. The Morgan fingerprint density at radius 2 is 1.97 bits per heavy atom. The molecule has 0 bridgehead atoms. The van der Waals surface area contributed by atoms with Gasteiger partial charge in [-0.05, 0) is 55.0 Å². The van der Waals surface area contributed by atoms with Crippen LogP contribution in [0, 0.1) is 6.92 Å². The van der Waals surface area contributed by atoms with E-state index in [9.17, 15) is 13.2 Å². The van der Waals surface area contributed by atoms with Crippen molar-refractivity contribution >= 4 is 44.3 Å². The molecule has 9 nitrogen and oxygen atoms in total. The van der Waals surface area contributed by atoms with E-state index in [4.69, 9.17) is 16.4 Å². The summed E-state index contributed by atoms with van der Waals surface area (Å²) in [6.45, 7) is 3.31. The number of nitrogens with zero attached hydrogens (tertiary/aromatic N) is 4. The van der Waals surface area contributed by atoms with Crippen LogP contribution in [0.3, 0.4) is 0 Å². The molecule has 0 aliphatic carbocycles. The number of nitrogens with one attached hydrogen (secondary N) is 1. The van der Waals surface area contributed by atoms with Gasteiger partial charge in [0.1, 0.15) is 11.0 Å². The molecule has 1 heterocycles. The van der Waals surface area contributed by atoms with Crippen molar-refractivity contribution in [1.82, 2.24) is 19.5 Å². The molecule has 29 heavy (non-hydrogen) atoms. The zero-order valence-electron chi connectivity index (χ0n) is 16.2. The molecule has 0 radical (unpaired) electrons. The monoisotopic (exact) mass is 437 g/mol. The third-order valence-electron chi connectivity index (χ3n) is 4.25. The van der Waals surface area contributed by atoms with Crippen LogP contribution in [-0.4, -0.2) is 54.0 Å². The van der Waals surface area contributed by atoms with Gasteiger partial charge in [-0.25, -0.2) is 12.7 Å². The summed E-state index contributed by atoms with van der Waals surface area (Å²) in [5.74, 6) is -0.474. The fraction of sp³-hybridized carbons (Fsp3) is 0.278. The van der Waals surface area contributed by atoms with Gasteiger partial charge in [-0.2, -0.15) is 0 Å². The van der Waals surface area contributed by atoms with E-state index in [0.717, 1.165) is 9.15 Å². The summed E-state index contributed by atoms with van der Waals surface area (Å²) < 4.78 is 25.8. The summed E-state index contributed by atoms with van der Waals surface area (Å²) in [6.07, 6.45) is -0.938. The van der Waals surface area contributed by atoms with Crippen molar-refractivity contribution in [3.63, 3.8) is 0 Å². The van der Waals surface area contributed by atoms with Crippen molar-refractivity contribution in [2.75, 3.05) is 19.4 Å². The van der Waals surface area contributed by atoms with E-state index < -0.39 is 22.0 Å². The van der Waals surface area contributed by atoms with E-state index in [0.29, 0.717) is 27.3 Å². The van der Waals surface area contributed by atoms with E-state index >= 15 is 0 Å². The Balaban J connectivity index is 1.80. The Bertz CT molecular complexity index is 1180. The lowest BCUT2D eigenvalue weighted by atomic mass is 10.2. The lowest BCUT2D eigenvalue weighted by Crippen LogP contribution is -2.35. The highest BCUT2D eigenvalue weighted by atomic mass is 35.5. The molecule has 11 heteroatoms. The van der Waals surface area contributed by atoms with Crippen LogP contribution in [0.5, 0.6) is 0 Å². The number of benzene rings is 2. The molecule has 1 atom stereocenters. The van der Waals surface area contributed by atoms with E-state index in [1.807, 2.05) is 0 Å². The van der Waals surface area contributed by atoms with Gasteiger partial charge in [0.25, 0.3) is 5.91 Å². The Morgan fingerprint density at radius 1 is 1.24 bits per heavy atom. The number of hydrogen-bond donors (Lipinski definition) is 1. The first kappa shape index (κ1) is 21.0. The number of aromatic nitrogens is 3. The molecule has 1 amide bonds. The number of halogens is 1. The molecule has 0 fully saturated rings. The van der Waals surface area contributed by atoms with Crippen LogP contribution < -0.4 is 10.2 Å². The van der Waals surface area contributed by atoms with Crippen LogP contribution in [-0.2, 0) is 14.8 Å². The van der Waals surface area contributed by atoms with Crippen molar-refractivity contribution in [3.8, 4) is 0 Å². The van der Waals surface area contributed by atoms with E-state index in [1.165, 1.54) is 26.2 Å². The molecule has 0 saturated heterocycles. The van der Waals surface area contributed by atoms with Crippen LogP contribution in [0.4, 0.5) is 5.69 Å². The lowest BCUT2D eigenvalue weighted by Gasteiger charge is -2.17. The van der Waals surface area contributed by atoms with Gasteiger partial charge in [-0.1, -0.05) is 22.5 Å². The van der Waals surface area contributed by atoms with Gasteiger partial charge >= 0.3 is 0 Å². The minimum absolute atomic E-state index is 0.0777. The van der Waals surface area contributed by atoms with Gasteiger partial charge in [-0.15, -0.1) is 5.10 Å². The zero-order chi connectivity index (χ0) is 21.3. The molecule has 2 aromatic carbocycles. The van der Waals surface area contributed by atoms with Crippen LogP contribution in [0.15, 0.2) is 41.3 Å².